The van der Waals surface area contributed by atoms with Gasteiger partial charge < -0.3 is 15.2 Å². The number of anilines is 1. The van der Waals surface area contributed by atoms with Crippen molar-refractivity contribution in [2.45, 2.75) is 32.4 Å². The van der Waals surface area contributed by atoms with Gasteiger partial charge in [0.2, 0.25) is 0 Å². The molecule has 0 spiro atoms. The summed E-state index contributed by atoms with van der Waals surface area (Å²) in [5.74, 6) is 1.17. The second kappa shape index (κ2) is 6.95. The van der Waals surface area contributed by atoms with Crippen molar-refractivity contribution in [3.63, 3.8) is 0 Å². The lowest BCUT2D eigenvalue weighted by Crippen LogP contribution is -2.26. The molecule has 1 aliphatic rings. The average Bonchev–Trinajstić information content (AvgIpc) is 3.41. The third-order valence-corrected chi connectivity index (χ3v) is 4.28. The van der Waals surface area contributed by atoms with E-state index in [0.29, 0.717) is 24.1 Å². The second-order valence-corrected chi connectivity index (χ2v) is 6.32. The van der Waals surface area contributed by atoms with Crippen LogP contribution in [0.3, 0.4) is 0 Å². The third-order valence-electron chi connectivity index (χ3n) is 4.28. The van der Waals surface area contributed by atoms with Crippen molar-refractivity contribution in [1.29, 1.82) is 0 Å². The second-order valence-electron chi connectivity index (χ2n) is 6.32. The van der Waals surface area contributed by atoms with Crippen LogP contribution >= 0.6 is 0 Å². The number of carbonyl (C=O) groups is 1. The molecule has 0 radical (unpaired) electrons. The van der Waals surface area contributed by atoms with Crippen molar-refractivity contribution in [3.8, 4) is 11.3 Å². The van der Waals surface area contributed by atoms with Gasteiger partial charge in [-0.1, -0.05) is 35.5 Å². The summed E-state index contributed by atoms with van der Waals surface area (Å²) in [5.41, 5.74) is 3.10. The molecule has 0 unspecified atom stereocenters. The number of nitrogens with zero attached hydrogens (tertiary/aromatic N) is 3. The Balaban J connectivity index is 1.44. The molecule has 7 heteroatoms. The molecule has 4 rings (SSSR count). The van der Waals surface area contributed by atoms with E-state index in [-0.39, 0.29) is 5.91 Å². The highest BCUT2D eigenvalue weighted by Crippen LogP contribution is 2.25. The van der Waals surface area contributed by atoms with E-state index in [1.54, 1.807) is 6.20 Å². The number of aromatic nitrogens is 3. The highest BCUT2D eigenvalue weighted by atomic mass is 16.5. The molecule has 7 nitrogen and oxygen atoms in total. The lowest BCUT2D eigenvalue weighted by molar-refractivity contribution is 0.0945. The highest BCUT2D eigenvalue weighted by Gasteiger charge is 2.24. The zero-order valence-corrected chi connectivity index (χ0v) is 14.4. The molecule has 1 saturated carbocycles. The Bertz CT molecular complexity index is 901. The molecule has 0 saturated heterocycles. The number of aryl methyl sites for hydroxylation is 1. The van der Waals surface area contributed by atoms with Crippen molar-refractivity contribution in [2.75, 3.05) is 5.32 Å². The van der Waals surface area contributed by atoms with Gasteiger partial charge >= 0.3 is 0 Å². The van der Waals surface area contributed by atoms with Gasteiger partial charge in [0.25, 0.3) is 5.91 Å². The number of hydrogen-bond acceptors (Lipinski definition) is 6. The summed E-state index contributed by atoms with van der Waals surface area (Å²) in [4.78, 5) is 20.4. The van der Waals surface area contributed by atoms with Crippen LogP contribution in [0.2, 0.25) is 0 Å². The van der Waals surface area contributed by atoms with Crippen LogP contribution in [0, 0.1) is 6.92 Å². The Morgan fingerprint density at radius 3 is 2.69 bits per heavy atom. The minimum absolute atomic E-state index is 0.173. The molecule has 1 amide bonds. The monoisotopic (exact) mass is 349 g/mol. The van der Waals surface area contributed by atoms with Gasteiger partial charge in [0.1, 0.15) is 23.0 Å². The molecule has 2 heterocycles. The molecule has 0 bridgehead atoms. The van der Waals surface area contributed by atoms with Gasteiger partial charge in [-0.2, -0.15) is 0 Å². The Kier molecular flexibility index (Phi) is 4.35. The van der Waals surface area contributed by atoms with Crippen LogP contribution < -0.4 is 10.6 Å². The molecular formula is C19H19N5O2. The molecule has 3 aromatic rings. The van der Waals surface area contributed by atoms with Crippen LogP contribution in [-0.4, -0.2) is 27.1 Å². The summed E-state index contributed by atoms with van der Waals surface area (Å²) in [6, 6.07) is 10.2. The summed E-state index contributed by atoms with van der Waals surface area (Å²) < 4.78 is 5.35. The maximum absolute atomic E-state index is 11.9. The highest BCUT2D eigenvalue weighted by molar-refractivity contribution is 5.92. The fraction of sp³-hybridized carbons (Fsp3) is 0.263. The van der Waals surface area contributed by atoms with E-state index >= 15 is 0 Å². The molecular weight excluding hydrogens is 330 g/mol. The van der Waals surface area contributed by atoms with Gasteiger partial charge in [0.15, 0.2) is 0 Å². The van der Waals surface area contributed by atoms with E-state index in [2.05, 4.69) is 25.8 Å². The maximum atomic E-state index is 11.9. The van der Waals surface area contributed by atoms with E-state index < -0.39 is 0 Å². The maximum Gasteiger partial charge on any atom is 0.271 e. The van der Waals surface area contributed by atoms with E-state index in [0.717, 1.165) is 35.4 Å². The topological polar surface area (TPSA) is 92.9 Å². The lowest BCUT2D eigenvalue weighted by Gasteiger charge is -2.07. The van der Waals surface area contributed by atoms with Crippen molar-refractivity contribution in [1.82, 2.24) is 20.4 Å². The average molecular weight is 349 g/mol. The SMILES string of the molecule is Cc1onc(-c2ccccc2)c1CNc1cnc(C(=O)NC2CC2)cn1. The Labute approximate surface area is 150 Å². The van der Waals surface area contributed by atoms with Crippen molar-refractivity contribution in [2.24, 2.45) is 0 Å². The molecule has 1 aromatic carbocycles. The van der Waals surface area contributed by atoms with E-state index in [4.69, 9.17) is 4.52 Å². The van der Waals surface area contributed by atoms with Crippen LogP contribution in [0.4, 0.5) is 5.82 Å². The number of hydrogen-bond donors (Lipinski definition) is 2. The minimum atomic E-state index is -0.173. The van der Waals surface area contributed by atoms with Gasteiger partial charge in [-0.15, -0.1) is 0 Å². The fourth-order valence-electron chi connectivity index (χ4n) is 2.62. The first-order chi connectivity index (χ1) is 12.7. The van der Waals surface area contributed by atoms with E-state index in [1.807, 2.05) is 37.3 Å². The first-order valence-corrected chi connectivity index (χ1v) is 8.58. The normalized spacial score (nSPS) is 13.4. The smallest absolute Gasteiger partial charge is 0.271 e. The lowest BCUT2D eigenvalue weighted by atomic mass is 10.1. The predicted octanol–water partition coefficient (Wildman–Crippen LogP) is 2.94. The Morgan fingerprint density at radius 2 is 2.00 bits per heavy atom. The van der Waals surface area contributed by atoms with Crippen molar-refractivity contribution >= 4 is 11.7 Å². The van der Waals surface area contributed by atoms with Crippen LogP contribution in [0.25, 0.3) is 11.3 Å². The minimum Gasteiger partial charge on any atom is -0.365 e. The summed E-state index contributed by atoms with van der Waals surface area (Å²) in [5, 5.41) is 10.3. The zero-order chi connectivity index (χ0) is 17.9. The van der Waals surface area contributed by atoms with Crippen LogP contribution in [-0.2, 0) is 6.54 Å². The summed E-state index contributed by atoms with van der Waals surface area (Å²) in [7, 11) is 0. The summed E-state index contributed by atoms with van der Waals surface area (Å²) >= 11 is 0. The molecule has 2 aromatic heterocycles. The standard InChI is InChI=1S/C19H19N5O2/c1-12-15(18(24-26-12)13-5-3-2-4-6-13)9-21-17-11-20-16(10-22-17)19(25)23-14-7-8-14/h2-6,10-11,14H,7-9H2,1H3,(H,21,22)(H,23,25). The number of amides is 1. The van der Waals surface area contributed by atoms with Gasteiger partial charge in [0, 0.05) is 23.7 Å². The number of benzene rings is 1. The molecule has 26 heavy (non-hydrogen) atoms. The largest absolute Gasteiger partial charge is 0.365 e. The molecule has 0 atom stereocenters. The zero-order valence-electron chi connectivity index (χ0n) is 14.4. The number of nitrogens with one attached hydrogen (secondary N) is 2. The molecule has 2 N–H and O–H groups in total. The van der Waals surface area contributed by atoms with Crippen LogP contribution in [0.15, 0.2) is 47.2 Å². The third kappa shape index (κ3) is 3.56. The van der Waals surface area contributed by atoms with Gasteiger partial charge in [0.05, 0.1) is 12.4 Å². The van der Waals surface area contributed by atoms with Crippen molar-refractivity contribution < 1.29 is 9.32 Å². The first kappa shape index (κ1) is 16.3. The van der Waals surface area contributed by atoms with E-state index in [1.165, 1.54) is 6.20 Å². The Hall–Kier alpha value is -3.22. The van der Waals surface area contributed by atoms with E-state index in [9.17, 15) is 4.79 Å². The van der Waals surface area contributed by atoms with Gasteiger partial charge in [-0.25, -0.2) is 9.97 Å². The molecule has 0 aliphatic heterocycles. The van der Waals surface area contributed by atoms with Crippen LogP contribution in [0.5, 0.6) is 0 Å². The fourth-order valence-corrected chi connectivity index (χ4v) is 2.62. The molecule has 1 fully saturated rings. The first-order valence-electron chi connectivity index (χ1n) is 8.58. The van der Waals surface area contributed by atoms with Gasteiger partial charge in [-0.05, 0) is 19.8 Å². The predicted molar refractivity (Wildman–Crippen MR) is 96.5 cm³/mol. The summed E-state index contributed by atoms with van der Waals surface area (Å²) in [6.45, 7) is 2.38. The number of rotatable bonds is 6. The molecule has 132 valence electrons. The van der Waals surface area contributed by atoms with Crippen LogP contribution in [0.1, 0.15) is 34.7 Å². The number of carbonyl (C=O) groups excluding carboxylic acids is 1. The van der Waals surface area contributed by atoms with Crippen molar-refractivity contribution in [3.05, 3.63) is 59.7 Å². The molecule has 1 aliphatic carbocycles. The quantitative estimate of drug-likeness (QED) is 0.711. The summed E-state index contributed by atoms with van der Waals surface area (Å²) in [6.07, 6.45) is 5.13. The Morgan fingerprint density at radius 1 is 1.19 bits per heavy atom. The van der Waals surface area contributed by atoms with Gasteiger partial charge in [-0.3, -0.25) is 4.79 Å².